The van der Waals surface area contributed by atoms with E-state index in [1.165, 1.54) is 88.4 Å². The Bertz CT molecular complexity index is 297. The zero-order valence-corrected chi connectivity index (χ0v) is 22.5. The molecule has 27 heavy (non-hydrogen) atoms. The van der Waals surface area contributed by atoms with Crippen LogP contribution in [0.15, 0.2) is 0 Å². The first-order valence-corrected chi connectivity index (χ1v) is 17.4. The highest BCUT2D eigenvalue weighted by Crippen LogP contribution is 2.45. The van der Waals surface area contributed by atoms with E-state index >= 15 is 0 Å². The Labute approximate surface area is 175 Å². The standard InChI is InChI=1S/C24H54OSi2/c1-9-15-19-26(20-16-10-2,23(7)13-5)25-27(21-17-11-3,22-18-12-4)24(8)14-6/h23-24H,9-22H2,1-8H3. The molecule has 0 heterocycles. The van der Waals surface area contributed by atoms with E-state index in [9.17, 15) is 0 Å². The summed E-state index contributed by atoms with van der Waals surface area (Å²) in [5.41, 5.74) is 1.63. The molecule has 0 aromatic heterocycles. The van der Waals surface area contributed by atoms with Crippen molar-refractivity contribution in [2.24, 2.45) is 0 Å². The van der Waals surface area contributed by atoms with E-state index in [0.29, 0.717) is 0 Å². The van der Waals surface area contributed by atoms with Crippen LogP contribution in [0.1, 0.15) is 120 Å². The van der Waals surface area contributed by atoms with Crippen LogP contribution in [-0.4, -0.2) is 16.6 Å². The van der Waals surface area contributed by atoms with E-state index in [1.54, 1.807) is 0 Å². The highest BCUT2D eigenvalue weighted by molar-refractivity contribution is 6.88. The Hall–Kier alpha value is 0.394. The smallest absolute Gasteiger partial charge is 0.182 e. The highest BCUT2D eigenvalue weighted by Gasteiger charge is 2.48. The Morgan fingerprint density at radius 3 is 0.963 bits per heavy atom. The first-order valence-electron chi connectivity index (χ1n) is 12.6. The number of hydrogen-bond donors (Lipinski definition) is 0. The summed E-state index contributed by atoms with van der Waals surface area (Å²) < 4.78 is 7.82. The summed E-state index contributed by atoms with van der Waals surface area (Å²) in [6.45, 7) is 19.4. The summed E-state index contributed by atoms with van der Waals surface area (Å²) in [5.74, 6) is 0. The second-order valence-corrected chi connectivity index (χ2v) is 18.3. The van der Waals surface area contributed by atoms with Gasteiger partial charge in [0, 0.05) is 0 Å². The van der Waals surface area contributed by atoms with Gasteiger partial charge in [-0.25, -0.2) is 0 Å². The Morgan fingerprint density at radius 1 is 0.519 bits per heavy atom. The molecule has 0 amide bonds. The SMILES string of the molecule is CCCC[Si](CCCC)(O[Si](CCCC)(CCCC)C(C)CC)C(C)CC. The number of unbranched alkanes of at least 4 members (excludes halogenated alkanes) is 4. The maximum Gasteiger partial charge on any atom is 0.182 e. The fraction of sp³-hybridized carbons (Fsp3) is 1.00. The average molecular weight is 415 g/mol. The van der Waals surface area contributed by atoms with Crippen LogP contribution >= 0.6 is 0 Å². The summed E-state index contributed by atoms with van der Waals surface area (Å²) in [4.78, 5) is 0. The van der Waals surface area contributed by atoms with Crippen molar-refractivity contribution in [2.45, 2.75) is 155 Å². The highest BCUT2D eigenvalue weighted by atomic mass is 28.4. The van der Waals surface area contributed by atoms with Crippen molar-refractivity contribution < 1.29 is 4.12 Å². The molecule has 164 valence electrons. The van der Waals surface area contributed by atoms with Crippen LogP contribution in [0.3, 0.4) is 0 Å². The summed E-state index contributed by atoms with van der Waals surface area (Å²) in [7, 11) is -3.39. The second kappa shape index (κ2) is 15.3. The molecular formula is C24H54OSi2. The molecule has 0 aliphatic rings. The van der Waals surface area contributed by atoms with Gasteiger partial charge in [0.25, 0.3) is 0 Å². The first kappa shape index (κ1) is 27.4. The molecule has 0 saturated heterocycles. The third kappa shape index (κ3) is 8.74. The van der Waals surface area contributed by atoms with Crippen molar-refractivity contribution in [3.63, 3.8) is 0 Å². The minimum atomic E-state index is -1.69. The average Bonchev–Trinajstić information content (AvgIpc) is 2.70. The molecule has 0 aliphatic carbocycles. The van der Waals surface area contributed by atoms with Crippen molar-refractivity contribution in [3.05, 3.63) is 0 Å². The summed E-state index contributed by atoms with van der Waals surface area (Å²) >= 11 is 0. The van der Waals surface area contributed by atoms with Crippen LogP contribution in [0.5, 0.6) is 0 Å². The van der Waals surface area contributed by atoms with Gasteiger partial charge in [-0.3, -0.25) is 0 Å². The van der Waals surface area contributed by atoms with Crippen LogP contribution in [0.2, 0.25) is 35.3 Å². The predicted octanol–water partition coefficient (Wildman–Crippen LogP) is 9.69. The van der Waals surface area contributed by atoms with Gasteiger partial charge < -0.3 is 4.12 Å². The molecule has 0 bridgehead atoms. The fourth-order valence-electron chi connectivity index (χ4n) is 4.69. The molecule has 2 unspecified atom stereocenters. The van der Waals surface area contributed by atoms with Crippen LogP contribution in [0.25, 0.3) is 0 Å². The second-order valence-electron chi connectivity index (χ2n) is 9.26. The zero-order valence-electron chi connectivity index (χ0n) is 20.5. The largest absolute Gasteiger partial charge is 0.454 e. The lowest BCUT2D eigenvalue weighted by molar-refractivity contribution is 0.446. The van der Waals surface area contributed by atoms with Crippen molar-refractivity contribution in [1.29, 1.82) is 0 Å². The van der Waals surface area contributed by atoms with Crippen molar-refractivity contribution in [3.8, 4) is 0 Å². The van der Waals surface area contributed by atoms with Gasteiger partial charge in [-0.15, -0.1) is 0 Å². The molecule has 2 atom stereocenters. The Kier molecular flexibility index (Phi) is 15.5. The molecular weight excluding hydrogens is 360 g/mol. The summed E-state index contributed by atoms with van der Waals surface area (Å²) in [5, 5.41) is 0. The minimum Gasteiger partial charge on any atom is -0.454 e. The molecule has 0 radical (unpaired) electrons. The van der Waals surface area contributed by atoms with Crippen molar-refractivity contribution in [1.82, 2.24) is 0 Å². The minimum absolute atomic E-state index is 0.815. The van der Waals surface area contributed by atoms with E-state index < -0.39 is 16.6 Å². The fourth-order valence-corrected chi connectivity index (χ4v) is 18.9. The number of rotatable bonds is 18. The van der Waals surface area contributed by atoms with Crippen LogP contribution in [0.4, 0.5) is 0 Å². The topological polar surface area (TPSA) is 9.23 Å². The monoisotopic (exact) mass is 414 g/mol. The molecule has 0 rings (SSSR count). The molecule has 0 N–H and O–H groups in total. The van der Waals surface area contributed by atoms with E-state index in [2.05, 4.69) is 55.4 Å². The van der Waals surface area contributed by atoms with Crippen LogP contribution in [-0.2, 0) is 4.12 Å². The van der Waals surface area contributed by atoms with Gasteiger partial charge in [-0.1, -0.05) is 120 Å². The van der Waals surface area contributed by atoms with Gasteiger partial charge in [0.15, 0.2) is 16.6 Å². The molecule has 0 fully saturated rings. The third-order valence-electron chi connectivity index (χ3n) is 7.24. The van der Waals surface area contributed by atoms with E-state index in [4.69, 9.17) is 4.12 Å². The van der Waals surface area contributed by atoms with Gasteiger partial charge in [0.05, 0.1) is 0 Å². The third-order valence-corrected chi connectivity index (χ3v) is 19.7. The normalized spacial score (nSPS) is 15.1. The van der Waals surface area contributed by atoms with E-state index in [1.807, 2.05) is 0 Å². The molecule has 0 spiro atoms. The van der Waals surface area contributed by atoms with Gasteiger partial charge in [0.1, 0.15) is 0 Å². The van der Waals surface area contributed by atoms with Gasteiger partial charge in [0.2, 0.25) is 0 Å². The van der Waals surface area contributed by atoms with Crippen LogP contribution < -0.4 is 0 Å². The zero-order chi connectivity index (χ0) is 20.8. The predicted molar refractivity (Wildman–Crippen MR) is 131 cm³/mol. The lowest BCUT2D eigenvalue weighted by atomic mass is 10.4. The van der Waals surface area contributed by atoms with E-state index in [-0.39, 0.29) is 0 Å². The molecule has 1 nitrogen and oxygen atoms in total. The molecule has 3 heteroatoms. The summed E-state index contributed by atoms with van der Waals surface area (Å²) in [6, 6.07) is 5.67. The Morgan fingerprint density at radius 2 is 0.778 bits per heavy atom. The summed E-state index contributed by atoms with van der Waals surface area (Å²) in [6.07, 6.45) is 13.4. The lowest BCUT2D eigenvalue weighted by Crippen LogP contribution is -2.55. The Balaban J connectivity index is 5.99. The van der Waals surface area contributed by atoms with Crippen molar-refractivity contribution >= 4 is 16.6 Å². The maximum atomic E-state index is 7.82. The van der Waals surface area contributed by atoms with Crippen LogP contribution in [0, 0.1) is 0 Å². The van der Waals surface area contributed by atoms with Gasteiger partial charge in [-0.2, -0.15) is 0 Å². The van der Waals surface area contributed by atoms with E-state index in [0.717, 1.165) is 11.1 Å². The first-order chi connectivity index (χ1) is 12.9. The van der Waals surface area contributed by atoms with Crippen molar-refractivity contribution in [2.75, 3.05) is 0 Å². The molecule has 0 aliphatic heterocycles. The molecule has 0 aromatic carbocycles. The number of hydrogen-bond acceptors (Lipinski definition) is 1. The maximum absolute atomic E-state index is 7.82. The van der Waals surface area contributed by atoms with Gasteiger partial charge in [-0.05, 0) is 35.3 Å². The molecule has 0 aromatic rings. The lowest BCUT2D eigenvalue weighted by Gasteiger charge is -2.48. The van der Waals surface area contributed by atoms with Gasteiger partial charge >= 0.3 is 0 Å². The molecule has 0 saturated carbocycles. The quantitative estimate of drug-likeness (QED) is 0.203.